The molecular weight excluding hydrogens is 258 g/mol. The average Bonchev–Trinajstić information content (AvgIpc) is 3.00. The summed E-state index contributed by atoms with van der Waals surface area (Å²) in [5, 5.41) is 12.5. The Labute approximate surface area is 116 Å². The maximum Gasteiger partial charge on any atom is 0.0960 e. The summed E-state index contributed by atoms with van der Waals surface area (Å²) in [5.74, 6) is 0.554. The van der Waals surface area contributed by atoms with E-state index in [1.165, 1.54) is 5.56 Å². The normalized spacial score (nSPS) is 12.9. The van der Waals surface area contributed by atoms with Crippen LogP contribution in [0, 0.1) is 0 Å². The van der Waals surface area contributed by atoms with Gasteiger partial charge in [0, 0.05) is 18.3 Å². The van der Waals surface area contributed by atoms with Gasteiger partial charge in [-0.1, -0.05) is 11.3 Å². The van der Waals surface area contributed by atoms with Gasteiger partial charge in [-0.15, -0.1) is 5.10 Å². The molecule has 0 fully saturated rings. The van der Waals surface area contributed by atoms with Gasteiger partial charge in [0.15, 0.2) is 0 Å². The predicted octanol–water partition coefficient (Wildman–Crippen LogP) is 2.21. The number of aromatic nitrogens is 3. The molecule has 0 saturated carbocycles. The Hall–Kier alpha value is -1.95. The minimum absolute atomic E-state index is 0.554. The first kappa shape index (κ1) is 13.5. The lowest BCUT2D eigenvalue weighted by Crippen LogP contribution is -2.06. The monoisotopic (exact) mass is 275 g/mol. The summed E-state index contributed by atoms with van der Waals surface area (Å²) < 4.78 is 1.84. The Bertz CT molecular complexity index is 576. The Morgan fingerprint density at radius 3 is 3.05 bits per heavy atom. The molecule has 0 amide bonds. The standard InChI is InChI=1S/C13H17N5S/c1-3-12(15-10(2)14)6-13-8-18(17-16-13)7-11-4-5-19-9-11/h3-5,8-9H,6-7H2,1-2H3,(H2,14,15)/b12-3-. The zero-order valence-corrected chi connectivity index (χ0v) is 11.9. The molecule has 0 aliphatic heterocycles. The third kappa shape index (κ3) is 4.03. The molecular formula is C13H17N5S. The van der Waals surface area contributed by atoms with Gasteiger partial charge in [0.25, 0.3) is 0 Å². The van der Waals surface area contributed by atoms with Gasteiger partial charge in [-0.25, -0.2) is 9.67 Å². The summed E-state index contributed by atoms with van der Waals surface area (Å²) in [6.45, 7) is 4.47. The topological polar surface area (TPSA) is 69.1 Å². The summed E-state index contributed by atoms with van der Waals surface area (Å²) in [7, 11) is 0. The fourth-order valence-electron chi connectivity index (χ4n) is 1.68. The minimum Gasteiger partial charge on any atom is -0.387 e. The van der Waals surface area contributed by atoms with E-state index in [9.17, 15) is 0 Å². The van der Waals surface area contributed by atoms with Crippen molar-refractivity contribution in [3.8, 4) is 0 Å². The van der Waals surface area contributed by atoms with Crippen molar-refractivity contribution in [1.82, 2.24) is 15.0 Å². The Morgan fingerprint density at radius 2 is 2.42 bits per heavy atom. The molecule has 2 rings (SSSR count). The molecule has 19 heavy (non-hydrogen) atoms. The maximum absolute atomic E-state index is 5.59. The van der Waals surface area contributed by atoms with Crippen molar-refractivity contribution in [1.29, 1.82) is 0 Å². The van der Waals surface area contributed by atoms with Crippen LogP contribution >= 0.6 is 11.3 Å². The lowest BCUT2D eigenvalue weighted by molar-refractivity contribution is 0.650. The molecule has 2 N–H and O–H groups in total. The van der Waals surface area contributed by atoms with E-state index in [0.29, 0.717) is 12.3 Å². The van der Waals surface area contributed by atoms with E-state index in [4.69, 9.17) is 5.73 Å². The Morgan fingerprint density at radius 1 is 1.58 bits per heavy atom. The van der Waals surface area contributed by atoms with Crippen LogP contribution < -0.4 is 5.73 Å². The summed E-state index contributed by atoms with van der Waals surface area (Å²) in [4.78, 5) is 4.26. The quantitative estimate of drug-likeness (QED) is 0.672. The van der Waals surface area contributed by atoms with E-state index in [0.717, 1.165) is 17.9 Å². The van der Waals surface area contributed by atoms with Gasteiger partial charge in [-0.05, 0) is 36.2 Å². The highest BCUT2D eigenvalue weighted by atomic mass is 32.1. The van der Waals surface area contributed by atoms with Crippen molar-refractivity contribution in [2.75, 3.05) is 0 Å². The predicted molar refractivity (Wildman–Crippen MR) is 78.2 cm³/mol. The molecule has 0 spiro atoms. The number of aliphatic imine (C=N–C) groups is 1. The molecule has 100 valence electrons. The molecule has 0 aromatic carbocycles. The third-order valence-corrected chi connectivity index (χ3v) is 3.26. The molecule has 2 aromatic heterocycles. The highest BCUT2D eigenvalue weighted by Crippen LogP contribution is 2.10. The fraction of sp³-hybridized carbons (Fsp3) is 0.308. The van der Waals surface area contributed by atoms with Crippen LogP contribution in [0.5, 0.6) is 0 Å². The summed E-state index contributed by atoms with van der Waals surface area (Å²) >= 11 is 1.68. The van der Waals surface area contributed by atoms with Gasteiger partial charge in [0.2, 0.25) is 0 Å². The van der Waals surface area contributed by atoms with Gasteiger partial charge in [-0.2, -0.15) is 11.3 Å². The van der Waals surface area contributed by atoms with Crippen LogP contribution in [0.15, 0.2) is 39.8 Å². The summed E-state index contributed by atoms with van der Waals surface area (Å²) in [6.07, 6.45) is 4.53. The summed E-state index contributed by atoms with van der Waals surface area (Å²) in [6, 6.07) is 2.09. The zero-order valence-electron chi connectivity index (χ0n) is 11.1. The number of amidine groups is 1. The zero-order chi connectivity index (χ0) is 13.7. The molecule has 2 heterocycles. The SMILES string of the molecule is C/C=C(/Cc1cn(Cc2ccsc2)nn1)N=C(C)N. The van der Waals surface area contributed by atoms with E-state index >= 15 is 0 Å². The van der Waals surface area contributed by atoms with Crippen LogP contribution in [0.1, 0.15) is 25.1 Å². The second-order valence-electron chi connectivity index (χ2n) is 4.25. The Balaban J connectivity index is 2.03. The number of hydrogen-bond acceptors (Lipinski definition) is 4. The summed E-state index contributed by atoms with van der Waals surface area (Å²) in [5.41, 5.74) is 8.63. The highest BCUT2D eigenvalue weighted by Gasteiger charge is 2.04. The van der Waals surface area contributed by atoms with E-state index in [2.05, 4.69) is 32.1 Å². The molecule has 5 nitrogen and oxygen atoms in total. The van der Waals surface area contributed by atoms with Gasteiger partial charge >= 0.3 is 0 Å². The number of thiophene rings is 1. The molecule has 0 aliphatic rings. The maximum atomic E-state index is 5.59. The highest BCUT2D eigenvalue weighted by molar-refractivity contribution is 7.07. The van der Waals surface area contributed by atoms with Crippen molar-refractivity contribution in [3.63, 3.8) is 0 Å². The van der Waals surface area contributed by atoms with Crippen molar-refractivity contribution in [2.45, 2.75) is 26.8 Å². The largest absolute Gasteiger partial charge is 0.387 e. The lowest BCUT2D eigenvalue weighted by atomic mass is 10.2. The van der Waals surface area contributed by atoms with Gasteiger partial charge in [0.05, 0.1) is 18.1 Å². The van der Waals surface area contributed by atoms with Crippen LogP contribution in [0.4, 0.5) is 0 Å². The molecule has 0 radical (unpaired) electrons. The molecule has 2 aromatic rings. The van der Waals surface area contributed by atoms with E-state index in [-0.39, 0.29) is 0 Å². The Kier molecular flexibility index (Phi) is 4.46. The van der Waals surface area contributed by atoms with Gasteiger partial charge < -0.3 is 5.73 Å². The van der Waals surface area contributed by atoms with E-state index in [1.54, 1.807) is 18.3 Å². The minimum atomic E-state index is 0.554. The smallest absolute Gasteiger partial charge is 0.0960 e. The second-order valence-corrected chi connectivity index (χ2v) is 5.03. The first-order valence-electron chi connectivity index (χ1n) is 6.03. The fourth-order valence-corrected chi connectivity index (χ4v) is 2.34. The van der Waals surface area contributed by atoms with E-state index < -0.39 is 0 Å². The van der Waals surface area contributed by atoms with Crippen molar-refractivity contribution in [3.05, 3.63) is 46.1 Å². The molecule has 6 heteroatoms. The van der Waals surface area contributed by atoms with Gasteiger partial charge in [0.1, 0.15) is 0 Å². The molecule has 0 unspecified atom stereocenters. The van der Waals surface area contributed by atoms with Crippen molar-refractivity contribution in [2.24, 2.45) is 10.7 Å². The van der Waals surface area contributed by atoms with Crippen molar-refractivity contribution < 1.29 is 0 Å². The van der Waals surface area contributed by atoms with Gasteiger partial charge in [-0.3, -0.25) is 0 Å². The number of hydrogen-bond donors (Lipinski definition) is 1. The van der Waals surface area contributed by atoms with Crippen LogP contribution in [0.25, 0.3) is 0 Å². The number of nitrogens with two attached hydrogens (primary N) is 1. The molecule has 0 saturated heterocycles. The number of allylic oxidation sites excluding steroid dienone is 2. The van der Waals surface area contributed by atoms with Crippen LogP contribution in [-0.4, -0.2) is 20.8 Å². The first-order valence-corrected chi connectivity index (χ1v) is 6.97. The average molecular weight is 275 g/mol. The van der Waals surface area contributed by atoms with Crippen molar-refractivity contribution >= 4 is 17.2 Å². The second kappa shape index (κ2) is 6.29. The molecule has 0 atom stereocenters. The first-order chi connectivity index (χ1) is 9.17. The van der Waals surface area contributed by atoms with Crippen LogP contribution in [0.2, 0.25) is 0 Å². The van der Waals surface area contributed by atoms with Crippen LogP contribution in [-0.2, 0) is 13.0 Å². The lowest BCUT2D eigenvalue weighted by Gasteiger charge is -1.98. The number of rotatable bonds is 5. The number of nitrogens with zero attached hydrogens (tertiary/aromatic N) is 4. The van der Waals surface area contributed by atoms with Crippen LogP contribution in [0.3, 0.4) is 0 Å². The van der Waals surface area contributed by atoms with E-state index in [1.807, 2.05) is 23.9 Å². The third-order valence-electron chi connectivity index (χ3n) is 2.53. The molecule has 0 aliphatic carbocycles. The molecule has 0 bridgehead atoms.